The van der Waals surface area contributed by atoms with Crippen molar-refractivity contribution in [1.29, 1.82) is 0 Å². The van der Waals surface area contributed by atoms with Gasteiger partial charge < -0.3 is 14.5 Å². The molecule has 1 spiro atoms. The summed E-state index contributed by atoms with van der Waals surface area (Å²) in [5.74, 6) is 0.424. The summed E-state index contributed by atoms with van der Waals surface area (Å²) in [5, 5.41) is 4.20. The van der Waals surface area contributed by atoms with Crippen LogP contribution in [0.15, 0.2) is 12.4 Å². The number of nitrogens with zero attached hydrogens (tertiary/aromatic N) is 5. The van der Waals surface area contributed by atoms with E-state index in [2.05, 4.69) is 10.00 Å². The zero-order chi connectivity index (χ0) is 18.3. The second kappa shape index (κ2) is 6.66. The molecule has 0 N–H and O–H groups in total. The summed E-state index contributed by atoms with van der Waals surface area (Å²) in [6, 6.07) is 0. The molecule has 1 aromatic rings. The molecule has 0 aromatic carbocycles. The average Bonchev–Trinajstić information content (AvgIpc) is 3.26. The first-order valence-corrected chi connectivity index (χ1v) is 9.35. The molecular weight excluding hydrogens is 334 g/mol. The minimum absolute atomic E-state index is 0.0836. The van der Waals surface area contributed by atoms with Crippen LogP contribution in [0.25, 0.3) is 0 Å². The molecule has 142 valence electrons. The van der Waals surface area contributed by atoms with Crippen LogP contribution < -0.4 is 4.90 Å². The van der Waals surface area contributed by atoms with E-state index in [0.717, 1.165) is 31.5 Å². The Kier molecular flexibility index (Phi) is 4.48. The van der Waals surface area contributed by atoms with Crippen LogP contribution in [0.3, 0.4) is 0 Å². The molecule has 3 saturated heterocycles. The zero-order valence-electron chi connectivity index (χ0n) is 15.6. The van der Waals surface area contributed by atoms with Crippen molar-refractivity contribution >= 4 is 17.5 Å². The summed E-state index contributed by atoms with van der Waals surface area (Å²) in [6.45, 7) is 3.77. The molecule has 8 nitrogen and oxygen atoms in total. The second-order valence-corrected chi connectivity index (χ2v) is 7.83. The lowest BCUT2D eigenvalue weighted by atomic mass is 9.92. The summed E-state index contributed by atoms with van der Waals surface area (Å²) in [6.07, 6.45) is 6.13. The number of rotatable bonds is 2. The number of likely N-dealkylation sites (tertiary alicyclic amines) is 1. The molecule has 1 atom stereocenters. The Bertz CT molecular complexity index is 699. The largest absolute Gasteiger partial charge is 0.381 e. The molecule has 0 unspecified atom stereocenters. The highest BCUT2D eigenvalue weighted by atomic mass is 16.5. The number of aromatic nitrogens is 2. The first kappa shape index (κ1) is 17.5. The second-order valence-electron chi connectivity index (χ2n) is 7.83. The van der Waals surface area contributed by atoms with Crippen molar-refractivity contribution < 1.29 is 14.3 Å². The van der Waals surface area contributed by atoms with Gasteiger partial charge in [0, 0.05) is 52.0 Å². The lowest BCUT2D eigenvalue weighted by Crippen LogP contribution is -2.64. The summed E-state index contributed by atoms with van der Waals surface area (Å²) < 4.78 is 7.10. The molecule has 0 aliphatic carbocycles. The summed E-state index contributed by atoms with van der Waals surface area (Å²) >= 11 is 0. The Hall–Kier alpha value is -1.93. The Morgan fingerprint density at radius 2 is 2.04 bits per heavy atom. The monoisotopic (exact) mass is 361 g/mol. The SMILES string of the molecule is CN1CC(=O)N(c2cnn(C)c2)C[C@@]12CCN(C(=O)C1CCOCC1)C2. The lowest BCUT2D eigenvalue weighted by molar-refractivity contribution is -0.138. The summed E-state index contributed by atoms with van der Waals surface area (Å²) in [5.41, 5.74) is 0.657. The van der Waals surface area contributed by atoms with E-state index >= 15 is 0 Å². The van der Waals surface area contributed by atoms with Crippen molar-refractivity contribution in [1.82, 2.24) is 19.6 Å². The number of likely N-dealkylation sites (N-methyl/N-ethyl adjacent to an activating group) is 1. The van der Waals surface area contributed by atoms with E-state index in [0.29, 0.717) is 32.8 Å². The minimum atomic E-state index is -0.176. The van der Waals surface area contributed by atoms with Crippen LogP contribution in [0.2, 0.25) is 0 Å². The van der Waals surface area contributed by atoms with E-state index < -0.39 is 0 Å². The predicted molar refractivity (Wildman–Crippen MR) is 95.7 cm³/mol. The van der Waals surface area contributed by atoms with Crippen LogP contribution in [0.5, 0.6) is 0 Å². The minimum Gasteiger partial charge on any atom is -0.381 e. The number of ether oxygens (including phenoxy) is 1. The molecule has 3 aliphatic rings. The highest BCUT2D eigenvalue weighted by Gasteiger charge is 2.49. The van der Waals surface area contributed by atoms with Crippen molar-refractivity contribution in [2.75, 3.05) is 51.3 Å². The molecule has 0 radical (unpaired) electrons. The Balaban J connectivity index is 1.50. The number of anilines is 1. The van der Waals surface area contributed by atoms with Crippen molar-refractivity contribution in [3.63, 3.8) is 0 Å². The Morgan fingerprint density at radius 1 is 1.27 bits per heavy atom. The third kappa shape index (κ3) is 3.01. The molecular formula is C18H27N5O3. The Morgan fingerprint density at radius 3 is 2.73 bits per heavy atom. The van der Waals surface area contributed by atoms with Gasteiger partial charge in [0.05, 0.1) is 24.0 Å². The van der Waals surface area contributed by atoms with E-state index in [1.54, 1.807) is 10.9 Å². The topological polar surface area (TPSA) is 70.9 Å². The van der Waals surface area contributed by atoms with E-state index in [1.165, 1.54) is 0 Å². The van der Waals surface area contributed by atoms with Crippen LogP contribution in [0.1, 0.15) is 19.3 Å². The smallest absolute Gasteiger partial charge is 0.241 e. The molecule has 4 heterocycles. The van der Waals surface area contributed by atoms with Gasteiger partial charge in [-0.3, -0.25) is 19.2 Å². The van der Waals surface area contributed by atoms with Gasteiger partial charge in [0.1, 0.15) is 0 Å². The molecule has 0 bridgehead atoms. The van der Waals surface area contributed by atoms with Gasteiger partial charge in [-0.25, -0.2) is 0 Å². The number of amides is 2. The van der Waals surface area contributed by atoms with Crippen LogP contribution >= 0.6 is 0 Å². The van der Waals surface area contributed by atoms with Crippen molar-refractivity contribution in [3.8, 4) is 0 Å². The van der Waals surface area contributed by atoms with Crippen LogP contribution in [0.4, 0.5) is 5.69 Å². The standard InChI is InChI=1S/C18H27N5O3/c1-20-11-16(24)23(15-9-19-21(2)10-15)13-18(20)5-6-22(12-18)17(25)14-3-7-26-8-4-14/h9-10,14H,3-8,11-13H2,1-2H3/t18-/m0/s1. The first-order valence-electron chi connectivity index (χ1n) is 9.35. The normalized spacial score (nSPS) is 28.3. The number of aryl methyl sites for hydroxylation is 1. The van der Waals surface area contributed by atoms with Crippen molar-refractivity contribution in [2.45, 2.75) is 24.8 Å². The van der Waals surface area contributed by atoms with Gasteiger partial charge in [0.2, 0.25) is 11.8 Å². The van der Waals surface area contributed by atoms with Crippen LogP contribution in [0, 0.1) is 5.92 Å². The van der Waals surface area contributed by atoms with Gasteiger partial charge in [-0.15, -0.1) is 0 Å². The molecule has 2 amide bonds. The predicted octanol–water partition coefficient (Wildman–Crippen LogP) is 0.0962. The number of hydrogen-bond acceptors (Lipinski definition) is 5. The molecule has 8 heteroatoms. The average molecular weight is 361 g/mol. The lowest BCUT2D eigenvalue weighted by Gasteiger charge is -2.46. The number of carbonyl (C=O) groups is 2. The van der Waals surface area contributed by atoms with E-state index in [-0.39, 0.29) is 23.3 Å². The molecule has 26 heavy (non-hydrogen) atoms. The maximum Gasteiger partial charge on any atom is 0.241 e. The highest BCUT2D eigenvalue weighted by Crippen LogP contribution is 2.34. The Labute approximate surface area is 153 Å². The third-order valence-corrected chi connectivity index (χ3v) is 6.15. The van der Waals surface area contributed by atoms with E-state index in [9.17, 15) is 9.59 Å². The summed E-state index contributed by atoms with van der Waals surface area (Å²) in [4.78, 5) is 31.5. The van der Waals surface area contributed by atoms with Gasteiger partial charge in [-0.05, 0) is 26.3 Å². The van der Waals surface area contributed by atoms with Gasteiger partial charge >= 0.3 is 0 Å². The fourth-order valence-electron chi connectivity index (χ4n) is 4.43. The van der Waals surface area contributed by atoms with Gasteiger partial charge in [-0.1, -0.05) is 0 Å². The van der Waals surface area contributed by atoms with Crippen LogP contribution in [-0.2, 0) is 21.4 Å². The van der Waals surface area contributed by atoms with E-state index in [4.69, 9.17) is 4.74 Å². The molecule has 0 saturated carbocycles. The van der Waals surface area contributed by atoms with E-state index in [1.807, 2.05) is 30.1 Å². The maximum absolute atomic E-state index is 12.9. The maximum atomic E-state index is 12.9. The van der Waals surface area contributed by atoms with Gasteiger partial charge in [-0.2, -0.15) is 5.10 Å². The van der Waals surface area contributed by atoms with Gasteiger partial charge in [0.15, 0.2) is 0 Å². The van der Waals surface area contributed by atoms with Crippen LogP contribution in [-0.4, -0.2) is 83.4 Å². The third-order valence-electron chi connectivity index (χ3n) is 6.15. The summed E-state index contributed by atoms with van der Waals surface area (Å²) in [7, 11) is 3.85. The number of carbonyl (C=O) groups excluding carboxylic acids is 2. The van der Waals surface area contributed by atoms with Crippen molar-refractivity contribution in [3.05, 3.63) is 12.4 Å². The highest BCUT2D eigenvalue weighted by molar-refractivity contribution is 5.95. The first-order chi connectivity index (χ1) is 12.5. The fourth-order valence-corrected chi connectivity index (χ4v) is 4.43. The molecule has 1 aromatic heterocycles. The van der Waals surface area contributed by atoms with Gasteiger partial charge in [0.25, 0.3) is 0 Å². The number of piperazine rings is 1. The fraction of sp³-hybridized carbons (Fsp3) is 0.722. The molecule has 3 fully saturated rings. The molecule has 4 rings (SSSR count). The molecule has 3 aliphatic heterocycles. The quantitative estimate of drug-likeness (QED) is 0.747. The number of hydrogen-bond donors (Lipinski definition) is 0. The zero-order valence-corrected chi connectivity index (χ0v) is 15.6. The van der Waals surface area contributed by atoms with Crippen molar-refractivity contribution in [2.24, 2.45) is 13.0 Å².